The summed E-state index contributed by atoms with van der Waals surface area (Å²) in [6.07, 6.45) is 0.0612. The van der Waals surface area contributed by atoms with Gasteiger partial charge < -0.3 is 14.6 Å². The van der Waals surface area contributed by atoms with E-state index in [1.807, 2.05) is 6.92 Å². The van der Waals surface area contributed by atoms with E-state index in [-0.39, 0.29) is 5.92 Å². The summed E-state index contributed by atoms with van der Waals surface area (Å²) >= 11 is 36.4. The van der Waals surface area contributed by atoms with E-state index in [0.717, 1.165) is 6.42 Å². The first-order chi connectivity index (χ1) is 9.43. The number of ether oxygens (including phenoxy) is 2. The van der Waals surface area contributed by atoms with E-state index in [1.54, 1.807) is 0 Å². The molecule has 2 heterocycles. The molecule has 21 heavy (non-hydrogen) atoms. The highest BCUT2D eigenvalue weighted by atomic mass is 35.6. The highest BCUT2D eigenvalue weighted by Crippen LogP contribution is 2.71. The lowest BCUT2D eigenvalue weighted by Crippen LogP contribution is -2.83. The molecule has 6 atom stereocenters. The van der Waals surface area contributed by atoms with E-state index in [1.165, 1.54) is 0 Å². The van der Waals surface area contributed by atoms with Crippen molar-refractivity contribution in [3.63, 3.8) is 0 Å². The first-order valence-corrected chi connectivity index (χ1v) is 8.87. The summed E-state index contributed by atoms with van der Waals surface area (Å²) in [6.45, 7) is 1.91. The van der Waals surface area contributed by atoms with Gasteiger partial charge in [-0.25, -0.2) is 0 Å². The van der Waals surface area contributed by atoms with Crippen LogP contribution in [0.2, 0.25) is 0 Å². The van der Waals surface area contributed by atoms with Crippen LogP contribution in [0, 0.1) is 11.3 Å². The zero-order valence-electron chi connectivity index (χ0n) is 11.0. The molecular formula is C12H14Cl6O3. The largest absolute Gasteiger partial charge is 0.390 e. The summed E-state index contributed by atoms with van der Waals surface area (Å²) in [5.41, 5.74) is -0.637. The molecule has 2 aliphatic heterocycles. The molecule has 3 rings (SSSR count). The summed E-state index contributed by atoms with van der Waals surface area (Å²) in [7, 11) is 0. The number of halogens is 6. The standard InChI is InChI=1S/C12H14Cl6O3/c1-9-5-2-3-6(19)8(9)21-11(9,12(16,17)18)20-7(4-5)10(13,14)15/h5-8,19H,2-4H2,1H3. The third-order valence-electron chi connectivity index (χ3n) is 5.15. The van der Waals surface area contributed by atoms with Gasteiger partial charge in [-0.05, 0) is 25.2 Å². The molecule has 3 aliphatic rings. The Bertz CT molecular complexity index is 449. The predicted octanol–water partition coefficient (Wildman–Crippen LogP) is 4.39. The van der Waals surface area contributed by atoms with Gasteiger partial charge >= 0.3 is 0 Å². The molecule has 0 aromatic rings. The average molecular weight is 419 g/mol. The number of aliphatic hydroxyl groups is 1. The second-order valence-corrected chi connectivity index (χ2v) is 10.8. The lowest BCUT2D eigenvalue weighted by Gasteiger charge is -2.72. The maximum absolute atomic E-state index is 10.1. The zero-order valence-corrected chi connectivity index (χ0v) is 15.5. The predicted molar refractivity (Wildman–Crippen MR) is 84.5 cm³/mol. The van der Waals surface area contributed by atoms with Crippen molar-refractivity contribution in [2.24, 2.45) is 11.3 Å². The van der Waals surface area contributed by atoms with Gasteiger partial charge in [0.25, 0.3) is 0 Å². The number of aliphatic hydroxyl groups excluding tert-OH is 1. The van der Waals surface area contributed by atoms with Crippen molar-refractivity contribution >= 4 is 69.6 Å². The van der Waals surface area contributed by atoms with Crippen molar-refractivity contribution < 1.29 is 14.6 Å². The van der Waals surface area contributed by atoms with Gasteiger partial charge in [0, 0.05) is 0 Å². The van der Waals surface area contributed by atoms with Gasteiger partial charge in [0.15, 0.2) is 0 Å². The van der Waals surface area contributed by atoms with E-state index in [9.17, 15) is 5.11 Å². The summed E-state index contributed by atoms with van der Waals surface area (Å²) in [6, 6.07) is 0. The number of rotatable bonds is 0. The third kappa shape index (κ3) is 2.26. The monoisotopic (exact) mass is 416 g/mol. The summed E-state index contributed by atoms with van der Waals surface area (Å²) in [5.74, 6) is -1.45. The van der Waals surface area contributed by atoms with Crippen LogP contribution >= 0.6 is 69.6 Å². The van der Waals surface area contributed by atoms with Crippen LogP contribution in [-0.4, -0.2) is 36.8 Å². The van der Waals surface area contributed by atoms with Crippen LogP contribution in [0.15, 0.2) is 0 Å². The summed E-state index contributed by atoms with van der Waals surface area (Å²) in [4.78, 5) is 0. The molecule has 0 spiro atoms. The molecule has 6 unspecified atom stereocenters. The molecule has 1 N–H and O–H groups in total. The van der Waals surface area contributed by atoms with E-state index in [0.29, 0.717) is 12.8 Å². The molecule has 3 fully saturated rings. The Labute approximate surface area is 153 Å². The van der Waals surface area contributed by atoms with Crippen LogP contribution in [0.5, 0.6) is 0 Å². The molecule has 1 aliphatic carbocycles. The normalized spacial score (nSPS) is 50.3. The van der Waals surface area contributed by atoms with Crippen LogP contribution in [0.3, 0.4) is 0 Å². The first-order valence-electron chi connectivity index (χ1n) is 6.60. The Kier molecular flexibility index (Phi) is 4.20. The molecule has 2 saturated heterocycles. The summed E-state index contributed by atoms with van der Waals surface area (Å²) in [5, 5.41) is 10.1. The Morgan fingerprint density at radius 2 is 1.67 bits per heavy atom. The van der Waals surface area contributed by atoms with Crippen LogP contribution in [0.4, 0.5) is 0 Å². The minimum atomic E-state index is -1.86. The molecule has 9 heteroatoms. The molecule has 1 saturated carbocycles. The average Bonchev–Trinajstić information content (AvgIpc) is 2.30. The van der Waals surface area contributed by atoms with E-state index in [2.05, 4.69) is 0 Å². The lowest BCUT2D eigenvalue weighted by atomic mass is 9.54. The molecular weight excluding hydrogens is 405 g/mol. The van der Waals surface area contributed by atoms with Crippen LogP contribution in [0.1, 0.15) is 26.2 Å². The maximum Gasteiger partial charge on any atom is 0.244 e. The van der Waals surface area contributed by atoms with Crippen molar-refractivity contribution in [3.8, 4) is 0 Å². The van der Waals surface area contributed by atoms with Gasteiger partial charge in [0.2, 0.25) is 13.4 Å². The van der Waals surface area contributed by atoms with Crippen molar-refractivity contribution in [1.82, 2.24) is 0 Å². The van der Waals surface area contributed by atoms with Crippen molar-refractivity contribution in [1.29, 1.82) is 0 Å². The molecule has 0 bridgehead atoms. The van der Waals surface area contributed by atoms with Crippen LogP contribution < -0.4 is 0 Å². The van der Waals surface area contributed by atoms with E-state index < -0.39 is 37.1 Å². The van der Waals surface area contributed by atoms with Gasteiger partial charge in [-0.1, -0.05) is 76.5 Å². The lowest BCUT2D eigenvalue weighted by molar-refractivity contribution is -0.483. The molecule has 0 aromatic carbocycles. The molecule has 0 radical (unpaired) electrons. The molecule has 0 aromatic heterocycles. The van der Waals surface area contributed by atoms with Crippen molar-refractivity contribution in [3.05, 3.63) is 0 Å². The van der Waals surface area contributed by atoms with Crippen molar-refractivity contribution in [2.45, 2.75) is 57.9 Å². The smallest absolute Gasteiger partial charge is 0.244 e. The van der Waals surface area contributed by atoms with Gasteiger partial charge in [0.1, 0.15) is 6.10 Å². The quantitative estimate of drug-likeness (QED) is 0.593. The minimum absolute atomic E-state index is 0.0737. The minimum Gasteiger partial charge on any atom is -0.390 e. The fourth-order valence-electron chi connectivity index (χ4n) is 4.02. The first kappa shape index (κ1) is 17.4. The zero-order chi connectivity index (χ0) is 15.8. The Morgan fingerprint density at radius 3 is 2.19 bits per heavy atom. The fraction of sp³-hybridized carbons (Fsp3) is 1.00. The molecule has 0 amide bonds. The summed E-state index contributed by atoms with van der Waals surface area (Å²) < 4.78 is 8.12. The van der Waals surface area contributed by atoms with E-state index in [4.69, 9.17) is 79.1 Å². The third-order valence-corrected chi connectivity index (χ3v) is 6.62. The van der Waals surface area contributed by atoms with Crippen LogP contribution in [-0.2, 0) is 9.47 Å². The Balaban J connectivity index is 2.03. The number of hydrogen-bond donors (Lipinski definition) is 1. The van der Waals surface area contributed by atoms with Gasteiger partial charge in [0.05, 0.1) is 17.6 Å². The number of hydrogen-bond acceptors (Lipinski definition) is 3. The van der Waals surface area contributed by atoms with E-state index >= 15 is 0 Å². The maximum atomic E-state index is 10.1. The van der Waals surface area contributed by atoms with Gasteiger partial charge in [-0.3, -0.25) is 0 Å². The number of alkyl halides is 6. The van der Waals surface area contributed by atoms with Crippen molar-refractivity contribution in [2.75, 3.05) is 0 Å². The second kappa shape index (κ2) is 5.06. The Hall–Kier alpha value is 1.62. The molecule has 3 nitrogen and oxygen atoms in total. The second-order valence-electron chi connectivity index (χ2n) is 6.16. The highest BCUT2D eigenvalue weighted by Gasteiger charge is 2.81. The van der Waals surface area contributed by atoms with Gasteiger partial charge in [-0.15, -0.1) is 0 Å². The highest BCUT2D eigenvalue weighted by molar-refractivity contribution is 6.69. The molecule has 122 valence electrons. The SMILES string of the molecule is CC12C3CCC(O)C1OC2(C(Cl)(Cl)Cl)OC(C(Cl)(Cl)Cl)C3. The van der Waals surface area contributed by atoms with Gasteiger partial charge in [-0.2, -0.15) is 0 Å². The fourth-order valence-corrected chi connectivity index (χ4v) is 5.30. The Morgan fingerprint density at radius 1 is 1.05 bits per heavy atom. The van der Waals surface area contributed by atoms with Crippen LogP contribution in [0.25, 0.3) is 0 Å². The topological polar surface area (TPSA) is 38.7 Å².